The van der Waals surface area contributed by atoms with Gasteiger partial charge in [0.15, 0.2) is 12.4 Å². The molecule has 9 heteroatoms. The van der Waals surface area contributed by atoms with Gasteiger partial charge in [-0.1, -0.05) is 17.7 Å². The van der Waals surface area contributed by atoms with Crippen LogP contribution in [0, 0.1) is 6.92 Å². The third kappa shape index (κ3) is 7.13. The predicted octanol–water partition coefficient (Wildman–Crippen LogP) is 2.05. The van der Waals surface area contributed by atoms with Gasteiger partial charge in [-0.25, -0.2) is 13.1 Å². The van der Waals surface area contributed by atoms with E-state index in [9.17, 15) is 22.8 Å². The molecule has 0 fully saturated rings. The van der Waals surface area contributed by atoms with E-state index in [-0.39, 0.29) is 23.6 Å². The zero-order chi connectivity index (χ0) is 21.4. The highest BCUT2D eigenvalue weighted by molar-refractivity contribution is 7.89. The lowest BCUT2D eigenvalue weighted by Gasteiger charge is -2.08. The van der Waals surface area contributed by atoms with Crippen LogP contribution in [0.4, 0.5) is 5.69 Å². The SMILES string of the molecule is CC(=O)c1ccc(NC(=O)COC(=O)CCNS(=O)(=O)c2ccc(C)cc2)cc1. The average molecular weight is 418 g/mol. The largest absolute Gasteiger partial charge is 0.456 e. The van der Waals surface area contributed by atoms with Crippen molar-refractivity contribution in [3.63, 3.8) is 0 Å². The van der Waals surface area contributed by atoms with Crippen molar-refractivity contribution in [1.82, 2.24) is 4.72 Å². The zero-order valence-corrected chi connectivity index (χ0v) is 16.9. The Morgan fingerprint density at radius 3 is 2.17 bits per heavy atom. The summed E-state index contributed by atoms with van der Waals surface area (Å²) in [7, 11) is -3.72. The number of aryl methyl sites for hydroxylation is 1. The highest BCUT2D eigenvalue weighted by Gasteiger charge is 2.15. The maximum Gasteiger partial charge on any atom is 0.307 e. The van der Waals surface area contributed by atoms with Crippen molar-refractivity contribution in [3.8, 4) is 0 Å². The van der Waals surface area contributed by atoms with Gasteiger partial charge in [0.2, 0.25) is 10.0 Å². The smallest absolute Gasteiger partial charge is 0.307 e. The van der Waals surface area contributed by atoms with Gasteiger partial charge < -0.3 is 10.1 Å². The van der Waals surface area contributed by atoms with E-state index >= 15 is 0 Å². The Bertz CT molecular complexity index is 983. The number of esters is 1. The highest BCUT2D eigenvalue weighted by atomic mass is 32.2. The first-order valence-corrected chi connectivity index (χ1v) is 10.3. The lowest BCUT2D eigenvalue weighted by atomic mass is 10.1. The van der Waals surface area contributed by atoms with Gasteiger partial charge in [-0.3, -0.25) is 14.4 Å². The second-order valence-corrected chi connectivity index (χ2v) is 8.07. The predicted molar refractivity (Wildman–Crippen MR) is 107 cm³/mol. The van der Waals surface area contributed by atoms with Crippen molar-refractivity contribution in [1.29, 1.82) is 0 Å². The summed E-state index contributed by atoms with van der Waals surface area (Å²) in [6.45, 7) is 2.63. The minimum atomic E-state index is -3.72. The van der Waals surface area contributed by atoms with Gasteiger partial charge in [-0.05, 0) is 50.2 Å². The average Bonchev–Trinajstić information content (AvgIpc) is 2.67. The first-order valence-electron chi connectivity index (χ1n) is 8.80. The van der Waals surface area contributed by atoms with Crippen LogP contribution in [-0.2, 0) is 24.3 Å². The normalized spacial score (nSPS) is 11.0. The van der Waals surface area contributed by atoms with E-state index in [1.165, 1.54) is 19.1 Å². The first-order chi connectivity index (χ1) is 13.7. The molecule has 0 aromatic heterocycles. The van der Waals surface area contributed by atoms with Crippen LogP contribution >= 0.6 is 0 Å². The van der Waals surface area contributed by atoms with Gasteiger partial charge in [-0.15, -0.1) is 0 Å². The topological polar surface area (TPSA) is 119 Å². The molecule has 0 unspecified atom stereocenters. The van der Waals surface area contributed by atoms with E-state index in [2.05, 4.69) is 10.0 Å². The lowest BCUT2D eigenvalue weighted by Crippen LogP contribution is -2.28. The summed E-state index contributed by atoms with van der Waals surface area (Å²) in [5.74, 6) is -1.34. The fraction of sp³-hybridized carbons (Fsp3) is 0.250. The van der Waals surface area contributed by atoms with Crippen molar-refractivity contribution in [2.45, 2.75) is 25.2 Å². The molecule has 0 radical (unpaired) electrons. The minimum absolute atomic E-state index is 0.0881. The molecule has 0 saturated carbocycles. The van der Waals surface area contributed by atoms with Crippen LogP contribution in [0.1, 0.15) is 29.3 Å². The number of benzene rings is 2. The molecule has 154 valence electrons. The molecule has 2 aromatic carbocycles. The second-order valence-electron chi connectivity index (χ2n) is 6.30. The Kier molecular flexibility index (Phi) is 7.63. The number of anilines is 1. The maximum absolute atomic E-state index is 12.1. The summed E-state index contributed by atoms with van der Waals surface area (Å²) in [4.78, 5) is 34.8. The van der Waals surface area contributed by atoms with Gasteiger partial charge >= 0.3 is 5.97 Å². The summed E-state index contributed by atoms with van der Waals surface area (Å²) < 4.78 is 31.4. The standard InChI is InChI=1S/C20H22N2O6S/c1-14-3-9-18(10-4-14)29(26,27)21-12-11-20(25)28-13-19(24)22-17-7-5-16(6-8-17)15(2)23/h3-10,21H,11-13H2,1-2H3,(H,22,24). The Morgan fingerprint density at radius 2 is 1.59 bits per heavy atom. The van der Waals surface area contributed by atoms with Crippen molar-refractivity contribution < 1.29 is 27.5 Å². The van der Waals surface area contributed by atoms with E-state index in [1.807, 2.05) is 6.92 Å². The van der Waals surface area contributed by atoms with Crippen LogP contribution < -0.4 is 10.0 Å². The number of ether oxygens (including phenoxy) is 1. The molecule has 0 aliphatic heterocycles. The molecule has 0 bridgehead atoms. The molecule has 8 nitrogen and oxygen atoms in total. The van der Waals surface area contributed by atoms with Gasteiger partial charge in [0.05, 0.1) is 11.3 Å². The number of carbonyl (C=O) groups is 3. The second kappa shape index (κ2) is 9.94. The van der Waals surface area contributed by atoms with Gasteiger partial charge in [0, 0.05) is 17.8 Å². The molecule has 29 heavy (non-hydrogen) atoms. The van der Waals surface area contributed by atoms with E-state index in [0.717, 1.165) is 5.56 Å². The Labute approximate surface area is 169 Å². The number of sulfonamides is 1. The Balaban J connectivity index is 1.73. The summed E-state index contributed by atoms with van der Waals surface area (Å²) in [6, 6.07) is 12.6. The number of ketones is 1. The lowest BCUT2D eigenvalue weighted by molar-refractivity contribution is -0.147. The van der Waals surface area contributed by atoms with Gasteiger partial charge in [-0.2, -0.15) is 0 Å². The first kappa shape index (κ1) is 22.3. The molecule has 0 aliphatic carbocycles. The van der Waals surface area contributed by atoms with E-state index in [1.54, 1.807) is 36.4 Å². The molecule has 0 spiro atoms. The Morgan fingerprint density at radius 1 is 0.966 bits per heavy atom. The maximum atomic E-state index is 12.1. The van der Waals surface area contributed by atoms with Crippen LogP contribution in [0.25, 0.3) is 0 Å². The fourth-order valence-electron chi connectivity index (χ4n) is 2.29. The molecule has 2 rings (SSSR count). The summed E-state index contributed by atoms with van der Waals surface area (Å²) in [6.07, 6.45) is -0.217. The third-order valence-corrected chi connectivity index (χ3v) is 5.37. The minimum Gasteiger partial charge on any atom is -0.456 e. The molecule has 0 heterocycles. The van der Waals surface area contributed by atoms with Gasteiger partial charge in [0.1, 0.15) is 0 Å². The molecular weight excluding hydrogens is 396 g/mol. The molecule has 0 saturated heterocycles. The molecule has 2 N–H and O–H groups in total. The van der Waals surface area contributed by atoms with E-state index < -0.39 is 28.5 Å². The number of carbonyl (C=O) groups excluding carboxylic acids is 3. The molecular formula is C20H22N2O6S. The zero-order valence-electron chi connectivity index (χ0n) is 16.1. The third-order valence-electron chi connectivity index (χ3n) is 3.89. The van der Waals surface area contributed by atoms with E-state index in [0.29, 0.717) is 11.3 Å². The quantitative estimate of drug-likeness (QED) is 0.475. The number of amides is 1. The van der Waals surface area contributed by atoms with Crippen LogP contribution in [0.3, 0.4) is 0 Å². The van der Waals surface area contributed by atoms with Crippen LogP contribution in [0.5, 0.6) is 0 Å². The van der Waals surface area contributed by atoms with Crippen LogP contribution in [0.2, 0.25) is 0 Å². The van der Waals surface area contributed by atoms with Gasteiger partial charge in [0.25, 0.3) is 5.91 Å². The summed E-state index contributed by atoms with van der Waals surface area (Å²) >= 11 is 0. The molecule has 0 atom stereocenters. The number of hydrogen-bond donors (Lipinski definition) is 2. The van der Waals surface area contributed by atoms with Crippen LogP contribution in [-0.4, -0.2) is 39.2 Å². The van der Waals surface area contributed by atoms with Crippen molar-refractivity contribution >= 4 is 33.4 Å². The van der Waals surface area contributed by atoms with Crippen LogP contribution in [0.15, 0.2) is 53.4 Å². The number of nitrogens with one attached hydrogen (secondary N) is 2. The molecule has 2 aromatic rings. The molecule has 0 aliphatic rings. The number of Topliss-reactive ketones (excluding diaryl/α,β-unsaturated/α-hetero) is 1. The summed E-state index contributed by atoms with van der Waals surface area (Å²) in [5.41, 5.74) is 1.91. The number of hydrogen-bond acceptors (Lipinski definition) is 6. The van der Waals surface area contributed by atoms with E-state index in [4.69, 9.17) is 4.74 Å². The summed E-state index contributed by atoms with van der Waals surface area (Å²) in [5, 5.41) is 2.53. The molecule has 1 amide bonds. The van der Waals surface area contributed by atoms with Crippen molar-refractivity contribution in [3.05, 3.63) is 59.7 Å². The number of rotatable bonds is 9. The Hall–Kier alpha value is -3.04. The van der Waals surface area contributed by atoms with Crippen molar-refractivity contribution in [2.24, 2.45) is 0 Å². The fourth-order valence-corrected chi connectivity index (χ4v) is 3.32. The van der Waals surface area contributed by atoms with Crippen molar-refractivity contribution in [2.75, 3.05) is 18.5 Å². The monoisotopic (exact) mass is 418 g/mol. The highest BCUT2D eigenvalue weighted by Crippen LogP contribution is 2.11.